The third-order valence-electron chi connectivity index (χ3n) is 9.91. The molecule has 4 fully saturated rings. The normalized spacial score (nSPS) is 41.4. The van der Waals surface area contributed by atoms with Crippen molar-refractivity contribution in [2.75, 3.05) is 26.4 Å². The minimum absolute atomic E-state index is 0.00972. The molecule has 0 aromatic heterocycles. The Morgan fingerprint density at radius 1 is 0.941 bits per heavy atom. The Morgan fingerprint density at radius 3 is 2.03 bits per heavy atom. The number of ether oxygens (including phenoxy) is 3. The predicted molar refractivity (Wildman–Crippen MR) is 127 cm³/mol. The molecule has 0 aromatic carbocycles. The van der Waals surface area contributed by atoms with Gasteiger partial charge in [-0.05, 0) is 62.2 Å². The Morgan fingerprint density at radius 2 is 1.59 bits per heavy atom. The SMILES string of the molecule is CCC1(CC23C=CC(CC2C(=O)O)C3)COC1.CCC1(OC(=O)C2CC3C=CC2(C)C3)COC1. The number of allylic oxidation sites excluding steroid dienone is 4. The average Bonchev–Trinajstić information content (AvgIpc) is 3.51. The predicted octanol–water partition coefficient (Wildman–Crippen LogP) is 4.78. The molecular formula is C28H40O6. The summed E-state index contributed by atoms with van der Waals surface area (Å²) in [6.45, 7) is 9.19. The summed E-state index contributed by atoms with van der Waals surface area (Å²) in [5.41, 5.74) is -0.103. The highest BCUT2D eigenvalue weighted by atomic mass is 16.6. The topological polar surface area (TPSA) is 82.1 Å². The number of carbonyl (C=O) groups excluding carboxylic acids is 1. The van der Waals surface area contributed by atoms with Crippen LogP contribution in [0.4, 0.5) is 0 Å². The van der Waals surface area contributed by atoms with Gasteiger partial charge in [0.15, 0.2) is 5.60 Å². The van der Waals surface area contributed by atoms with E-state index in [1.165, 1.54) is 0 Å². The number of hydrogen-bond acceptors (Lipinski definition) is 5. The van der Waals surface area contributed by atoms with E-state index in [4.69, 9.17) is 14.2 Å². The summed E-state index contributed by atoms with van der Waals surface area (Å²) in [6.07, 6.45) is 15.8. The Hall–Kier alpha value is -1.66. The number of hydrogen-bond donors (Lipinski definition) is 1. The van der Waals surface area contributed by atoms with Crippen LogP contribution in [0.25, 0.3) is 0 Å². The molecule has 0 aromatic rings. The fraction of sp³-hybridized carbons (Fsp3) is 0.786. The molecule has 6 aliphatic rings. The molecule has 2 heterocycles. The summed E-state index contributed by atoms with van der Waals surface area (Å²) in [5.74, 6) is 0.370. The zero-order valence-electron chi connectivity index (χ0n) is 20.9. The van der Waals surface area contributed by atoms with Gasteiger partial charge < -0.3 is 19.3 Å². The summed E-state index contributed by atoms with van der Waals surface area (Å²) < 4.78 is 16.3. The second-order valence-corrected chi connectivity index (χ2v) is 12.3. The molecule has 6 atom stereocenters. The average molecular weight is 473 g/mol. The van der Waals surface area contributed by atoms with E-state index < -0.39 is 5.97 Å². The lowest BCUT2D eigenvalue weighted by Gasteiger charge is -2.46. The van der Waals surface area contributed by atoms with Crippen molar-refractivity contribution in [1.29, 1.82) is 0 Å². The maximum absolute atomic E-state index is 12.3. The Balaban J connectivity index is 0.000000142. The standard InChI is InChI=1S/2C14H20O3/c1-3-14(8-16-9-14)17-12(15)11-6-10-4-5-13(11,2)7-10;1-2-13(8-17-9-13)7-14-4-3-10(6-14)5-11(14)12(15)16/h4-5,10-11H,3,6-9H2,1-2H3;3-4,10-11H,2,5-9H2,1H3,(H,15,16). The smallest absolute Gasteiger partial charge is 0.310 e. The largest absolute Gasteiger partial charge is 0.481 e. The van der Waals surface area contributed by atoms with E-state index in [1.807, 2.05) is 0 Å². The number of aliphatic carboxylic acids is 1. The van der Waals surface area contributed by atoms with Crippen LogP contribution in [0.3, 0.4) is 0 Å². The van der Waals surface area contributed by atoms with Gasteiger partial charge in [-0.1, -0.05) is 45.1 Å². The molecule has 4 aliphatic carbocycles. The van der Waals surface area contributed by atoms with Gasteiger partial charge in [0.1, 0.15) is 0 Å². The summed E-state index contributed by atoms with van der Waals surface area (Å²) in [5, 5.41) is 9.40. The zero-order valence-corrected chi connectivity index (χ0v) is 20.9. The van der Waals surface area contributed by atoms with E-state index in [0.29, 0.717) is 25.0 Å². The third-order valence-corrected chi connectivity index (χ3v) is 9.91. The second-order valence-electron chi connectivity index (χ2n) is 12.3. The van der Waals surface area contributed by atoms with Crippen molar-refractivity contribution >= 4 is 11.9 Å². The molecule has 0 spiro atoms. The third kappa shape index (κ3) is 3.95. The minimum atomic E-state index is -0.608. The van der Waals surface area contributed by atoms with E-state index in [2.05, 4.69) is 45.1 Å². The number of carboxylic acids is 1. The van der Waals surface area contributed by atoms with Crippen LogP contribution in [0.5, 0.6) is 0 Å². The van der Waals surface area contributed by atoms with Crippen LogP contribution in [0.2, 0.25) is 0 Å². The molecular weight excluding hydrogens is 432 g/mol. The lowest BCUT2D eigenvalue weighted by atomic mass is 9.64. The first-order chi connectivity index (χ1) is 16.2. The first-order valence-electron chi connectivity index (χ1n) is 13.2. The molecule has 4 bridgehead atoms. The van der Waals surface area contributed by atoms with Gasteiger partial charge in [-0.3, -0.25) is 9.59 Å². The molecule has 2 saturated carbocycles. The number of fused-ring (bicyclic) bond motifs is 4. The maximum Gasteiger partial charge on any atom is 0.310 e. The molecule has 6 nitrogen and oxygen atoms in total. The van der Waals surface area contributed by atoms with Gasteiger partial charge in [-0.2, -0.15) is 0 Å². The lowest BCUT2D eigenvalue weighted by Crippen LogP contribution is -2.53. The molecule has 6 heteroatoms. The molecule has 34 heavy (non-hydrogen) atoms. The minimum Gasteiger partial charge on any atom is -0.481 e. The van der Waals surface area contributed by atoms with E-state index in [1.54, 1.807) is 0 Å². The number of esters is 1. The molecule has 188 valence electrons. The van der Waals surface area contributed by atoms with E-state index in [-0.39, 0.29) is 39.7 Å². The lowest BCUT2D eigenvalue weighted by molar-refractivity contribution is -0.219. The van der Waals surface area contributed by atoms with Crippen molar-refractivity contribution in [2.24, 2.45) is 39.9 Å². The quantitative estimate of drug-likeness (QED) is 0.424. The molecule has 2 aliphatic heterocycles. The molecule has 0 radical (unpaired) electrons. The van der Waals surface area contributed by atoms with Crippen molar-refractivity contribution < 1.29 is 28.9 Å². The first kappa shape index (κ1) is 24.1. The molecule has 6 rings (SSSR count). The number of rotatable bonds is 7. The highest BCUT2D eigenvalue weighted by Gasteiger charge is 2.56. The fourth-order valence-corrected chi connectivity index (χ4v) is 7.39. The van der Waals surface area contributed by atoms with Gasteiger partial charge in [0.05, 0.1) is 38.3 Å². The van der Waals surface area contributed by atoms with E-state index in [9.17, 15) is 14.7 Å². The zero-order chi connectivity index (χ0) is 24.2. The van der Waals surface area contributed by atoms with Gasteiger partial charge in [-0.25, -0.2) is 0 Å². The van der Waals surface area contributed by atoms with Crippen molar-refractivity contribution in [3.63, 3.8) is 0 Å². The van der Waals surface area contributed by atoms with Crippen LogP contribution in [0.1, 0.15) is 65.7 Å². The van der Waals surface area contributed by atoms with Crippen LogP contribution >= 0.6 is 0 Å². The van der Waals surface area contributed by atoms with Crippen molar-refractivity contribution in [1.82, 2.24) is 0 Å². The van der Waals surface area contributed by atoms with Crippen LogP contribution in [0.15, 0.2) is 24.3 Å². The number of carbonyl (C=O) groups is 2. The first-order valence-corrected chi connectivity index (χ1v) is 13.2. The van der Waals surface area contributed by atoms with Gasteiger partial charge in [0.2, 0.25) is 0 Å². The maximum atomic E-state index is 12.3. The van der Waals surface area contributed by atoms with Crippen LogP contribution < -0.4 is 0 Å². The van der Waals surface area contributed by atoms with Crippen molar-refractivity contribution in [3.8, 4) is 0 Å². The summed E-state index contributed by atoms with van der Waals surface area (Å²) in [6, 6.07) is 0. The van der Waals surface area contributed by atoms with Crippen LogP contribution in [-0.2, 0) is 23.8 Å². The van der Waals surface area contributed by atoms with Gasteiger partial charge in [0.25, 0.3) is 0 Å². The Bertz CT molecular complexity index is 872. The molecule has 0 amide bonds. The fourth-order valence-electron chi connectivity index (χ4n) is 7.39. The monoisotopic (exact) mass is 472 g/mol. The van der Waals surface area contributed by atoms with Crippen LogP contribution in [0, 0.1) is 39.9 Å². The van der Waals surface area contributed by atoms with E-state index >= 15 is 0 Å². The highest BCUT2D eigenvalue weighted by Crippen LogP contribution is 2.59. The van der Waals surface area contributed by atoms with E-state index in [0.717, 1.165) is 58.2 Å². The Kier molecular flexibility index (Phi) is 6.00. The van der Waals surface area contributed by atoms with Gasteiger partial charge in [-0.15, -0.1) is 0 Å². The van der Waals surface area contributed by atoms with Crippen molar-refractivity contribution in [2.45, 2.75) is 71.3 Å². The molecule has 6 unspecified atom stereocenters. The molecule has 2 saturated heterocycles. The summed E-state index contributed by atoms with van der Waals surface area (Å²) in [4.78, 5) is 23.7. The number of carboxylic acid groups (broad SMARTS) is 1. The molecule has 1 N–H and O–H groups in total. The van der Waals surface area contributed by atoms with Gasteiger partial charge >= 0.3 is 11.9 Å². The van der Waals surface area contributed by atoms with Gasteiger partial charge in [0, 0.05) is 10.8 Å². The van der Waals surface area contributed by atoms with Crippen molar-refractivity contribution in [3.05, 3.63) is 24.3 Å². The van der Waals surface area contributed by atoms with Crippen LogP contribution in [-0.4, -0.2) is 49.1 Å². The Labute approximate surface area is 203 Å². The summed E-state index contributed by atoms with van der Waals surface area (Å²) >= 11 is 0. The summed E-state index contributed by atoms with van der Waals surface area (Å²) in [7, 11) is 0. The second kappa shape index (κ2) is 8.48. The highest BCUT2D eigenvalue weighted by molar-refractivity contribution is 5.75.